The molecule has 0 fully saturated rings. The number of allylic oxidation sites excluding steroid dienone is 2. The zero-order valence-corrected chi connectivity index (χ0v) is 14.3. The Morgan fingerprint density at radius 2 is 2.12 bits per heavy atom. The van der Waals surface area contributed by atoms with E-state index >= 15 is 0 Å². The van der Waals surface area contributed by atoms with E-state index in [4.69, 9.17) is 19.9 Å². The van der Waals surface area contributed by atoms with Gasteiger partial charge >= 0.3 is 5.97 Å². The monoisotopic (exact) mass is 346 g/mol. The topological polar surface area (TPSA) is 94.6 Å². The third-order valence-electron chi connectivity index (χ3n) is 3.69. The van der Waals surface area contributed by atoms with Crippen molar-refractivity contribution in [1.82, 2.24) is 0 Å². The molecule has 132 valence electrons. The average Bonchev–Trinajstić information content (AvgIpc) is 2.56. The first-order chi connectivity index (χ1) is 11.9. The molecule has 7 heteroatoms. The van der Waals surface area contributed by atoms with Crippen molar-refractivity contribution < 1.29 is 23.4 Å². The minimum atomic E-state index is -0.872. The van der Waals surface area contributed by atoms with Gasteiger partial charge in [-0.05, 0) is 38.5 Å². The van der Waals surface area contributed by atoms with E-state index in [9.17, 15) is 14.4 Å². The van der Waals surface area contributed by atoms with Crippen LogP contribution in [-0.2, 0) is 14.3 Å². The fourth-order valence-corrected chi connectivity index (χ4v) is 2.66. The van der Waals surface area contributed by atoms with Crippen molar-refractivity contribution in [1.29, 1.82) is 5.26 Å². The molecule has 0 radical (unpaired) electrons. The first kappa shape index (κ1) is 18.3. The highest BCUT2D eigenvalue weighted by atomic mass is 19.1. The van der Waals surface area contributed by atoms with Gasteiger partial charge in [0.2, 0.25) is 5.88 Å². The highest BCUT2D eigenvalue weighted by molar-refractivity contribution is 5.92. The van der Waals surface area contributed by atoms with Crippen LogP contribution < -0.4 is 10.5 Å². The second-order valence-electron chi connectivity index (χ2n) is 5.24. The summed E-state index contributed by atoms with van der Waals surface area (Å²) < 4.78 is 29.8. The molecular weight excluding hydrogens is 327 g/mol. The molecule has 0 saturated carbocycles. The third kappa shape index (κ3) is 3.58. The molecule has 0 aromatic heterocycles. The van der Waals surface area contributed by atoms with Gasteiger partial charge in [-0.25, -0.2) is 9.18 Å². The summed E-state index contributed by atoms with van der Waals surface area (Å²) >= 11 is 0. The van der Waals surface area contributed by atoms with Crippen molar-refractivity contribution >= 4 is 5.97 Å². The molecular formula is C18H19FN2O4. The lowest BCUT2D eigenvalue weighted by Gasteiger charge is -2.27. The van der Waals surface area contributed by atoms with Gasteiger partial charge in [0.25, 0.3) is 0 Å². The summed E-state index contributed by atoms with van der Waals surface area (Å²) in [4.78, 5) is 12.4. The van der Waals surface area contributed by atoms with Gasteiger partial charge in [-0.15, -0.1) is 0 Å². The third-order valence-corrected chi connectivity index (χ3v) is 3.69. The fraction of sp³-hybridized carbons (Fsp3) is 0.333. The molecule has 25 heavy (non-hydrogen) atoms. The smallest absolute Gasteiger partial charge is 0.338 e. The Hall–Kier alpha value is -3.01. The second kappa shape index (κ2) is 7.71. The van der Waals surface area contributed by atoms with Gasteiger partial charge in [-0.2, -0.15) is 5.26 Å². The van der Waals surface area contributed by atoms with Gasteiger partial charge in [0, 0.05) is 0 Å². The standard InChI is InChI=1S/C18H19FN2O4/c1-4-23-14-7-6-11(8-13(14)19)16-12(9-20)17(21)25-10(3)15(16)18(22)24-5-2/h6-8,16H,4-5,21H2,1-3H3. The molecule has 0 aliphatic carbocycles. The van der Waals surface area contributed by atoms with Crippen LogP contribution in [0.15, 0.2) is 41.0 Å². The molecule has 0 saturated heterocycles. The van der Waals surface area contributed by atoms with E-state index in [0.717, 1.165) is 0 Å². The molecule has 6 nitrogen and oxygen atoms in total. The fourth-order valence-electron chi connectivity index (χ4n) is 2.66. The quantitative estimate of drug-likeness (QED) is 0.824. The number of rotatable bonds is 5. The van der Waals surface area contributed by atoms with Crippen LogP contribution in [-0.4, -0.2) is 19.2 Å². The van der Waals surface area contributed by atoms with Crippen LogP contribution in [0.25, 0.3) is 0 Å². The van der Waals surface area contributed by atoms with Gasteiger partial charge in [0.1, 0.15) is 17.4 Å². The minimum absolute atomic E-state index is 0.0252. The van der Waals surface area contributed by atoms with E-state index in [0.29, 0.717) is 12.2 Å². The second-order valence-corrected chi connectivity index (χ2v) is 5.24. The van der Waals surface area contributed by atoms with Crippen molar-refractivity contribution in [2.45, 2.75) is 26.7 Å². The molecule has 0 bridgehead atoms. The maximum atomic E-state index is 14.3. The molecule has 1 unspecified atom stereocenters. The van der Waals surface area contributed by atoms with E-state index < -0.39 is 17.7 Å². The lowest BCUT2D eigenvalue weighted by molar-refractivity contribution is -0.139. The number of carbonyl (C=O) groups is 1. The number of hydrogen-bond donors (Lipinski definition) is 1. The SMILES string of the molecule is CCOC(=O)C1=C(C)OC(N)=C(C#N)C1c1ccc(OCC)c(F)c1. The normalized spacial score (nSPS) is 17.0. The zero-order valence-electron chi connectivity index (χ0n) is 14.3. The number of nitriles is 1. The Morgan fingerprint density at radius 3 is 2.68 bits per heavy atom. The summed E-state index contributed by atoms with van der Waals surface area (Å²) in [6, 6.07) is 6.20. The maximum Gasteiger partial charge on any atom is 0.338 e. The number of nitrogens with zero attached hydrogens (tertiary/aromatic N) is 1. The van der Waals surface area contributed by atoms with Crippen molar-refractivity contribution in [3.8, 4) is 11.8 Å². The summed E-state index contributed by atoms with van der Waals surface area (Å²) in [6.45, 7) is 5.43. The summed E-state index contributed by atoms with van der Waals surface area (Å²) in [5.74, 6) is -1.92. The molecule has 1 aromatic rings. The largest absolute Gasteiger partial charge is 0.491 e. The van der Waals surface area contributed by atoms with E-state index in [1.807, 2.05) is 6.07 Å². The van der Waals surface area contributed by atoms with Crippen LogP contribution in [0.1, 0.15) is 32.3 Å². The first-order valence-electron chi connectivity index (χ1n) is 7.82. The predicted molar refractivity (Wildman–Crippen MR) is 87.6 cm³/mol. The Bertz CT molecular complexity index is 793. The van der Waals surface area contributed by atoms with Crippen LogP contribution in [0.2, 0.25) is 0 Å². The van der Waals surface area contributed by atoms with E-state index in [1.54, 1.807) is 26.8 Å². The molecule has 1 aromatic carbocycles. The molecule has 1 aliphatic heterocycles. The van der Waals surface area contributed by atoms with Crippen LogP contribution in [0.5, 0.6) is 5.75 Å². The number of halogens is 1. The number of ether oxygens (including phenoxy) is 3. The molecule has 1 atom stereocenters. The van der Waals surface area contributed by atoms with E-state index in [-0.39, 0.29) is 35.1 Å². The predicted octanol–water partition coefficient (Wildman–Crippen LogP) is 2.87. The van der Waals surface area contributed by atoms with Gasteiger partial charge in [-0.3, -0.25) is 0 Å². The van der Waals surface area contributed by atoms with Gasteiger partial charge in [-0.1, -0.05) is 6.07 Å². The Labute approximate surface area is 145 Å². The Balaban J connectivity index is 2.58. The highest BCUT2D eigenvalue weighted by Gasteiger charge is 2.36. The zero-order chi connectivity index (χ0) is 18.6. The highest BCUT2D eigenvalue weighted by Crippen LogP contribution is 2.40. The van der Waals surface area contributed by atoms with Crippen LogP contribution >= 0.6 is 0 Å². The molecule has 2 rings (SSSR count). The average molecular weight is 346 g/mol. The maximum absolute atomic E-state index is 14.3. The summed E-state index contributed by atoms with van der Waals surface area (Å²) in [5, 5.41) is 9.46. The number of nitrogens with two attached hydrogens (primary N) is 1. The minimum Gasteiger partial charge on any atom is -0.491 e. The lowest BCUT2D eigenvalue weighted by Crippen LogP contribution is -2.25. The Kier molecular flexibility index (Phi) is 5.65. The van der Waals surface area contributed by atoms with E-state index in [2.05, 4.69) is 0 Å². The number of benzene rings is 1. The summed E-state index contributed by atoms with van der Waals surface area (Å²) in [6.07, 6.45) is 0. The summed E-state index contributed by atoms with van der Waals surface area (Å²) in [7, 11) is 0. The lowest BCUT2D eigenvalue weighted by atomic mass is 9.83. The number of carbonyl (C=O) groups excluding carboxylic acids is 1. The Morgan fingerprint density at radius 1 is 1.40 bits per heavy atom. The number of hydrogen-bond acceptors (Lipinski definition) is 6. The van der Waals surface area contributed by atoms with Crippen LogP contribution in [0.3, 0.4) is 0 Å². The van der Waals surface area contributed by atoms with Crippen molar-refractivity contribution in [3.05, 3.63) is 52.4 Å². The van der Waals surface area contributed by atoms with Gasteiger partial charge in [0.05, 0.1) is 24.7 Å². The van der Waals surface area contributed by atoms with Crippen molar-refractivity contribution in [2.75, 3.05) is 13.2 Å². The summed E-state index contributed by atoms with van der Waals surface area (Å²) in [5.41, 5.74) is 6.32. The number of esters is 1. The van der Waals surface area contributed by atoms with Gasteiger partial charge in [0.15, 0.2) is 11.6 Å². The van der Waals surface area contributed by atoms with Crippen molar-refractivity contribution in [3.63, 3.8) is 0 Å². The molecule has 1 heterocycles. The van der Waals surface area contributed by atoms with Gasteiger partial charge < -0.3 is 19.9 Å². The molecule has 0 amide bonds. The molecule has 2 N–H and O–H groups in total. The molecule has 0 spiro atoms. The molecule has 1 aliphatic rings. The van der Waals surface area contributed by atoms with Crippen molar-refractivity contribution in [2.24, 2.45) is 5.73 Å². The van der Waals surface area contributed by atoms with E-state index in [1.165, 1.54) is 12.1 Å². The van der Waals surface area contributed by atoms with Crippen LogP contribution in [0, 0.1) is 17.1 Å². The first-order valence-corrected chi connectivity index (χ1v) is 7.82. The van der Waals surface area contributed by atoms with Crippen LogP contribution in [0.4, 0.5) is 4.39 Å².